The van der Waals surface area contributed by atoms with Crippen LogP contribution in [0.3, 0.4) is 0 Å². The summed E-state index contributed by atoms with van der Waals surface area (Å²) in [5.74, 6) is 0.316. The number of hydrogen-bond acceptors (Lipinski definition) is 2. The second-order valence-electron chi connectivity index (χ2n) is 4.71. The van der Waals surface area contributed by atoms with E-state index in [4.69, 9.17) is 11.6 Å². The second kappa shape index (κ2) is 4.79. The average Bonchev–Trinajstić information content (AvgIpc) is 2.74. The molecule has 3 nitrogen and oxygen atoms in total. The Labute approximate surface area is 118 Å². The molecule has 2 heterocycles. The Kier molecular flexibility index (Phi) is 3.22. The molecule has 0 saturated carbocycles. The van der Waals surface area contributed by atoms with Gasteiger partial charge in [0.05, 0.1) is 22.6 Å². The van der Waals surface area contributed by atoms with E-state index in [0.29, 0.717) is 11.6 Å². The Morgan fingerprint density at radius 1 is 1.30 bits per heavy atom. The number of aromatic nitrogens is 2. The van der Waals surface area contributed by atoms with E-state index < -0.39 is 11.7 Å². The van der Waals surface area contributed by atoms with Gasteiger partial charge in [-0.05, 0) is 18.2 Å². The first-order chi connectivity index (χ1) is 9.47. The molecule has 2 aromatic rings. The van der Waals surface area contributed by atoms with Gasteiger partial charge in [0.2, 0.25) is 0 Å². The molecular formula is C13H11ClF3N3. The van der Waals surface area contributed by atoms with Crippen molar-refractivity contribution in [3.8, 4) is 5.69 Å². The lowest BCUT2D eigenvalue weighted by Crippen LogP contribution is -2.40. The van der Waals surface area contributed by atoms with E-state index in [9.17, 15) is 13.2 Å². The Bertz CT molecular complexity index is 632. The van der Waals surface area contributed by atoms with Gasteiger partial charge in [0.1, 0.15) is 0 Å². The fourth-order valence-corrected chi connectivity index (χ4v) is 2.46. The Morgan fingerprint density at radius 3 is 2.60 bits per heavy atom. The lowest BCUT2D eigenvalue weighted by atomic mass is 9.99. The highest BCUT2D eigenvalue weighted by molar-refractivity contribution is 6.32. The first-order valence-corrected chi connectivity index (χ1v) is 6.44. The third-order valence-corrected chi connectivity index (χ3v) is 3.70. The van der Waals surface area contributed by atoms with Crippen LogP contribution < -0.4 is 5.32 Å². The zero-order chi connectivity index (χ0) is 14.3. The molecule has 20 heavy (non-hydrogen) atoms. The van der Waals surface area contributed by atoms with Gasteiger partial charge in [0.25, 0.3) is 0 Å². The minimum atomic E-state index is -4.39. The van der Waals surface area contributed by atoms with Crippen molar-refractivity contribution in [3.63, 3.8) is 0 Å². The van der Waals surface area contributed by atoms with E-state index in [1.54, 1.807) is 17.1 Å². The Balaban J connectivity index is 2.01. The molecule has 1 aliphatic heterocycles. The molecule has 0 spiro atoms. The molecular weight excluding hydrogens is 291 g/mol. The maximum absolute atomic E-state index is 12.6. The molecule has 0 atom stereocenters. The van der Waals surface area contributed by atoms with Crippen LogP contribution in [0.2, 0.25) is 5.02 Å². The van der Waals surface area contributed by atoms with Gasteiger partial charge in [-0.3, -0.25) is 0 Å². The van der Waals surface area contributed by atoms with Crippen LogP contribution in [0.15, 0.2) is 30.7 Å². The monoisotopic (exact) mass is 301 g/mol. The topological polar surface area (TPSA) is 29.9 Å². The Hall–Kier alpha value is -1.53. The summed E-state index contributed by atoms with van der Waals surface area (Å²) in [5, 5.41) is 3.21. The van der Waals surface area contributed by atoms with Crippen molar-refractivity contribution in [2.75, 3.05) is 13.1 Å². The molecule has 3 rings (SSSR count). The third kappa shape index (κ3) is 2.29. The van der Waals surface area contributed by atoms with Crippen LogP contribution in [0.5, 0.6) is 0 Å². The summed E-state index contributed by atoms with van der Waals surface area (Å²) in [5.41, 5.74) is 0.711. The van der Waals surface area contributed by atoms with Gasteiger partial charge in [-0.1, -0.05) is 11.6 Å². The molecule has 1 aliphatic rings. The summed E-state index contributed by atoms with van der Waals surface area (Å²) >= 11 is 6.00. The normalized spacial score (nSPS) is 16.2. The lowest BCUT2D eigenvalue weighted by Gasteiger charge is -2.28. The summed E-state index contributed by atoms with van der Waals surface area (Å²) in [6, 6.07) is 3.35. The lowest BCUT2D eigenvalue weighted by molar-refractivity contribution is -0.137. The summed E-state index contributed by atoms with van der Waals surface area (Å²) in [4.78, 5) is 4.07. The smallest absolute Gasteiger partial charge is 0.315 e. The van der Waals surface area contributed by atoms with E-state index in [2.05, 4.69) is 10.3 Å². The quantitative estimate of drug-likeness (QED) is 0.923. The molecule has 7 heteroatoms. The van der Waals surface area contributed by atoms with Crippen LogP contribution in [0.1, 0.15) is 17.2 Å². The van der Waals surface area contributed by atoms with Crippen LogP contribution in [0.4, 0.5) is 13.2 Å². The first-order valence-electron chi connectivity index (χ1n) is 6.07. The third-order valence-electron chi connectivity index (χ3n) is 3.40. The van der Waals surface area contributed by atoms with Crippen LogP contribution >= 0.6 is 11.6 Å². The second-order valence-corrected chi connectivity index (χ2v) is 5.11. The molecule has 1 saturated heterocycles. The van der Waals surface area contributed by atoms with Crippen LogP contribution in [0.25, 0.3) is 5.69 Å². The first kappa shape index (κ1) is 13.5. The number of halogens is 4. The highest BCUT2D eigenvalue weighted by Gasteiger charge is 2.31. The van der Waals surface area contributed by atoms with E-state index in [0.717, 1.165) is 30.9 Å². The highest BCUT2D eigenvalue weighted by atomic mass is 35.5. The van der Waals surface area contributed by atoms with Gasteiger partial charge in [-0.2, -0.15) is 13.2 Å². The number of nitrogens with zero attached hydrogens (tertiary/aromatic N) is 2. The number of imidazole rings is 1. The number of hydrogen-bond donors (Lipinski definition) is 1. The molecule has 1 N–H and O–H groups in total. The zero-order valence-electron chi connectivity index (χ0n) is 10.3. The summed E-state index contributed by atoms with van der Waals surface area (Å²) in [6.45, 7) is 1.67. The molecule has 1 aromatic heterocycles. The van der Waals surface area contributed by atoms with Crippen LogP contribution in [0, 0.1) is 0 Å². The molecule has 0 bridgehead atoms. The van der Waals surface area contributed by atoms with Gasteiger partial charge in [0.15, 0.2) is 0 Å². The molecule has 1 aromatic carbocycles. The fraction of sp³-hybridized carbons (Fsp3) is 0.308. The molecule has 106 valence electrons. The number of rotatable bonds is 2. The van der Waals surface area contributed by atoms with E-state index >= 15 is 0 Å². The van der Waals surface area contributed by atoms with Crippen LogP contribution in [-0.2, 0) is 6.18 Å². The molecule has 1 fully saturated rings. The standard InChI is InChI=1S/C13H11ClF3N3/c14-10-3-9(13(15,16)17)1-2-11(10)20-7-19-6-12(20)8-4-18-5-8/h1-3,6-8,18H,4-5H2. The number of benzene rings is 1. The van der Waals surface area contributed by atoms with Crippen molar-refractivity contribution in [2.24, 2.45) is 0 Å². The van der Waals surface area contributed by atoms with Crippen molar-refractivity contribution >= 4 is 11.6 Å². The van der Waals surface area contributed by atoms with E-state index in [-0.39, 0.29) is 5.02 Å². The maximum Gasteiger partial charge on any atom is 0.416 e. The molecule has 0 amide bonds. The number of nitrogens with one attached hydrogen (secondary N) is 1. The Morgan fingerprint density at radius 2 is 2.05 bits per heavy atom. The van der Waals surface area contributed by atoms with Gasteiger partial charge < -0.3 is 9.88 Å². The fourth-order valence-electron chi connectivity index (χ4n) is 2.19. The van der Waals surface area contributed by atoms with E-state index in [1.165, 1.54) is 6.07 Å². The average molecular weight is 302 g/mol. The zero-order valence-corrected chi connectivity index (χ0v) is 11.0. The summed E-state index contributed by atoms with van der Waals surface area (Å²) in [6.07, 6.45) is -1.10. The largest absolute Gasteiger partial charge is 0.416 e. The van der Waals surface area contributed by atoms with Gasteiger partial charge in [-0.25, -0.2) is 4.98 Å². The van der Waals surface area contributed by atoms with Crippen molar-refractivity contribution in [1.82, 2.24) is 14.9 Å². The van der Waals surface area contributed by atoms with Crippen LogP contribution in [-0.4, -0.2) is 22.6 Å². The van der Waals surface area contributed by atoms with Gasteiger partial charge in [-0.15, -0.1) is 0 Å². The molecule has 0 aliphatic carbocycles. The molecule has 0 radical (unpaired) electrons. The predicted molar refractivity (Wildman–Crippen MR) is 69.2 cm³/mol. The maximum atomic E-state index is 12.6. The molecule has 0 unspecified atom stereocenters. The van der Waals surface area contributed by atoms with Crippen molar-refractivity contribution < 1.29 is 13.2 Å². The highest BCUT2D eigenvalue weighted by Crippen LogP contribution is 2.34. The van der Waals surface area contributed by atoms with E-state index in [1.807, 2.05) is 0 Å². The van der Waals surface area contributed by atoms with Gasteiger partial charge >= 0.3 is 6.18 Å². The minimum Gasteiger partial charge on any atom is -0.315 e. The van der Waals surface area contributed by atoms with Crippen molar-refractivity contribution in [3.05, 3.63) is 47.0 Å². The predicted octanol–water partition coefficient (Wildman–Crippen LogP) is 3.23. The van der Waals surface area contributed by atoms with Gasteiger partial charge in [0, 0.05) is 30.9 Å². The summed E-state index contributed by atoms with van der Waals surface area (Å²) in [7, 11) is 0. The number of alkyl halides is 3. The van der Waals surface area contributed by atoms with Crippen molar-refractivity contribution in [2.45, 2.75) is 12.1 Å². The van der Waals surface area contributed by atoms with Crippen molar-refractivity contribution in [1.29, 1.82) is 0 Å². The summed E-state index contributed by atoms with van der Waals surface area (Å²) < 4.78 is 39.6. The SMILES string of the molecule is FC(F)(F)c1ccc(-n2cncc2C2CNC2)c(Cl)c1. The minimum absolute atomic E-state index is 0.0614.